The van der Waals surface area contributed by atoms with E-state index in [4.69, 9.17) is 4.74 Å². The quantitative estimate of drug-likeness (QED) is 0.161. The van der Waals surface area contributed by atoms with Gasteiger partial charge >= 0.3 is 5.97 Å². The predicted octanol–water partition coefficient (Wildman–Crippen LogP) is 3.38. The molecule has 1 heterocycles. The van der Waals surface area contributed by atoms with E-state index in [9.17, 15) is 27.2 Å². The Morgan fingerprint density at radius 2 is 1.81 bits per heavy atom. The second-order valence-corrected chi connectivity index (χ2v) is 4.85. The van der Waals surface area contributed by atoms with Crippen LogP contribution in [-0.2, 0) is 9.53 Å². The zero-order chi connectivity index (χ0) is 19.3. The van der Waals surface area contributed by atoms with E-state index in [-0.39, 0.29) is 18.4 Å². The van der Waals surface area contributed by atoms with Crippen LogP contribution >= 0.6 is 0 Å². The first-order valence-corrected chi connectivity index (χ1v) is 7.27. The van der Waals surface area contributed by atoms with Crippen LogP contribution in [0.15, 0.2) is 42.4 Å². The first kappa shape index (κ1) is 19.1. The van der Waals surface area contributed by atoms with Gasteiger partial charge in [0.05, 0.1) is 24.1 Å². The minimum Gasteiger partial charge on any atom is -0.462 e. The molecule has 26 heavy (non-hydrogen) atoms. The number of hydrogen-bond acceptors (Lipinski definition) is 5. The molecule has 0 aliphatic carbocycles. The normalized spacial score (nSPS) is 11.2. The van der Waals surface area contributed by atoms with Crippen LogP contribution in [0.25, 0.3) is 0 Å². The zero-order valence-electron chi connectivity index (χ0n) is 13.4. The Kier molecular flexibility index (Phi) is 6.05. The lowest BCUT2D eigenvalue weighted by Crippen LogP contribution is -2.19. The summed E-state index contributed by atoms with van der Waals surface area (Å²) in [5, 5.41) is 2.36. The van der Waals surface area contributed by atoms with E-state index in [1.807, 2.05) is 0 Å². The van der Waals surface area contributed by atoms with Crippen molar-refractivity contribution in [2.45, 2.75) is 6.92 Å². The first-order chi connectivity index (χ1) is 12.3. The summed E-state index contributed by atoms with van der Waals surface area (Å²) in [6.07, 6.45) is 2.93. The van der Waals surface area contributed by atoms with E-state index >= 15 is 0 Å². The van der Waals surface area contributed by atoms with Gasteiger partial charge in [-0.15, -0.1) is 0 Å². The molecule has 0 unspecified atom stereocenters. The van der Waals surface area contributed by atoms with Gasteiger partial charge in [-0.3, -0.25) is 9.78 Å². The number of rotatable bonds is 6. The van der Waals surface area contributed by atoms with Crippen LogP contribution < -0.4 is 5.32 Å². The van der Waals surface area contributed by atoms with Gasteiger partial charge in [0.25, 0.3) is 0 Å². The number of hydrogen-bond donors (Lipinski definition) is 1. The monoisotopic (exact) mass is 368 g/mol. The lowest BCUT2D eigenvalue weighted by Gasteiger charge is -2.09. The van der Waals surface area contributed by atoms with Gasteiger partial charge in [-0.2, -0.15) is 0 Å². The molecular weight excluding hydrogens is 356 g/mol. The van der Waals surface area contributed by atoms with Crippen molar-refractivity contribution in [2.24, 2.45) is 0 Å². The number of aromatic nitrogens is 1. The third kappa shape index (κ3) is 4.24. The van der Waals surface area contributed by atoms with Crippen LogP contribution in [0.4, 0.5) is 23.2 Å². The van der Waals surface area contributed by atoms with Crippen molar-refractivity contribution in [3.05, 3.63) is 71.2 Å². The zero-order valence-corrected chi connectivity index (χ0v) is 13.4. The molecule has 1 aromatic carbocycles. The van der Waals surface area contributed by atoms with Gasteiger partial charge in [0, 0.05) is 18.5 Å². The summed E-state index contributed by atoms with van der Waals surface area (Å²) in [7, 11) is 0. The molecule has 1 aromatic heterocycles. The molecule has 0 radical (unpaired) electrons. The average molecular weight is 368 g/mol. The number of carbonyl (C=O) groups excluding carboxylic acids is 2. The maximum atomic E-state index is 13.8. The smallest absolute Gasteiger partial charge is 0.343 e. The number of nitrogens with zero attached hydrogens (tertiary/aromatic N) is 1. The van der Waals surface area contributed by atoms with Crippen molar-refractivity contribution >= 4 is 17.4 Å². The van der Waals surface area contributed by atoms with Crippen LogP contribution in [0.3, 0.4) is 0 Å². The molecule has 0 aliphatic rings. The fourth-order valence-electron chi connectivity index (χ4n) is 1.91. The Bertz CT molecular complexity index is 884. The lowest BCUT2D eigenvalue weighted by atomic mass is 10.0. The Hall–Kier alpha value is -3.23. The van der Waals surface area contributed by atoms with Crippen LogP contribution in [-0.4, -0.2) is 23.3 Å². The van der Waals surface area contributed by atoms with E-state index in [0.717, 1.165) is 12.4 Å². The number of anilines is 1. The molecule has 0 atom stereocenters. The van der Waals surface area contributed by atoms with E-state index in [1.165, 1.54) is 19.2 Å². The third-order valence-electron chi connectivity index (χ3n) is 3.14. The molecule has 9 heteroatoms. The van der Waals surface area contributed by atoms with Crippen molar-refractivity contribution in [1.29, 1.82) is 0 Å². The molecule has 1 N–H and O–H groups in total. The highest BCUT2D eigenvalue weighted by Gasteiger charge is 2.25. The van der Waals surface area contributed by atoms with E-state index in [0.29, 0.717) is 6.07 Å². The molecule has 136 valence electrons. The predicted molar refractivity (Wildman–Crippen MR) is 83.2 cm³/mol. The number of benzene rings is 1. The second kappa shape index (κ2) is 8.24. The topological polar surface area (TPSA) is 68.3 Å². The van der Waals surface area contributed by atoms with Gasteiger partial charge in [-0.25, -0.2) is 22.4 Å². The Labute approximate surface area is 145 Å². The van der Waals surface area contributed by atoms with E-state index in [2.05, 4.69) is 10.3 Å². The largest absolute Gasteiger partial charge is 0.462 e. The number of esters is 1. The van der Waals surface area contributed by atoms with Gasteiger partial charge < -0.3 is 10.1 Å². The fourth-order valence-corrected chi connectivity index (χ4v) is 1.91. The number of pyridine rings is 1. The van der Waals surface area contributed by atoms with Crippen molar-refractivity contribution < 1.29 is 31.9 Å². The molecule has 0 fully saturated rings. The number of ketones is 1. The summed E-state index contributed by atoms with van der Waals surface area (Å²) >= 11 is 0. The number of Topliss-reactive ketones (excluding diaryl/α,β-unsaturated/α-hetero) is 1. The van der Waals surface area contributed by atoms with E-state index in [1.54, 1.807) is 0 Å². The molecule has 0 amide bonds. The summed E-state index contributed by atoms with van der Waals surface area (Å²) < 4.78 is 58.4. The van der Waals surface area contributed by atoms with Gasteiger partial charge in [0.15, 0.2) is 17.5 Å². The number of nitrogens with one attached hydrogen (secondary N) is 1. The van der Waals surface area contributed by atoms with Crippen molar-refractivity contribution in [3.63, 3.8) is 0 Å². The summed E-state index contributed by atoms with van der Waals surface area (Å²) in [5.74, 6) is -7.51. The van der Waals surface area contributed by atoms with Crippen LogP contribution in [0.1, 0.15) is 17.3 Å². The summed E-state index contributed by atoms with van der Waals surface area (Å²) in [5.41, 5.74) is -1.73. The Balaban J connectivity index is 2.43. The van der Waals surface area contributed by atoms with Gasteiger partial charge in [-0.1, -0.05) is 0 Å². The molecule has 0 aliphatic heterocycles. The van der Waals surface area contributed by atoms with Crippen molar-refractivity contribution in [2.75, 3.05) is 11.9 Å². The molecule has 2 rings (SSSR count). The summed E-state index contributed by atoms with van der Waals surface area (Å²) in [4.78, 5) is 27.9. The molecule has 2 aromatic rings. The van der Waals surface area contributed by atoms with E-state index < -0.39 is 46.2 Å². The number of halogens is 4. The number of ether oxygens (including phenoxy) is 1. The van der Waals surface area contributed by atoms with Crippen molar-refractivity contribution in [3.8, 4) is 0 Å². The fraction of sp³-hybridized carbons (Fsp3) is 0.118. The van der Waals surface area contributed by atoms with Crippen LogP contribution in [0, 0.1) is 23.3 Å². The van der Waals surface area contributed by atoms with Crippen LogP contribution in [0.5, 0.6) is 0 Å². The summed E-state index contributed by atoms with van der Waals surface area (Å²) in [6.45, 7) is 1.36. The minimum atomic E-state index is -1.49. The first-order valence-electron chi connectivity index (χ1n) is 7.27. The van der Waals surface area contributed by atoms with Gasteiger partial charge in [-0.05, 0) is 19.1 Å². The minimum absolute atomic E-state index is 0.104. The Morgan fingerprint density at radius 3 is 2.46 bits per heavy atom. The molecular formula is C17H12F4N2O3. The molecule has 0 saturated carbocycles. The Morgan fingerprint density at radius 1 is 1.12 bits per heavy atom. The molecule has 0 bridgehead atoms. The standard InChI is InChI=1S/C17H12F4N2O3/c1-2-26-17(25)10(7-23-15-3-4-22-8-14(15)21)16(24)9-5-12(19)13(20)6-11(9)18/h3-8H,2H2,1H3,(H,22,23). The maximum absolute atomic E-state index is 13.8. The summed E-state index contributed by atoms with van der Waals surface area (Å²) in [6, 6.07) is 1.73. The van der Waals surface area contributed by atoms with Crippen LogP contribution in [0.2, 0.25) is 0 Å². The average Bonchev–Trinajstić information content (AvgIpc) is 2.60. The highest BCUT2D eigenvalue weighted by molar-refractivity contribution is 6.24. The second-order valence-electron chi connectivity index (χ2n) is 4.85. The third-order valence-corrected chi connectivity index (χ3v) is 3.14. The van der Waals surface area contributed by atoms with Gasteiger partial charge in [0.1, 0.15) is 11.4 Å². The SMILES string of the molecule is CCOC(=O)C(=CNc1ccncc1F)C(=O)c1cc(F)c(F)cc1F. The molecule has 0 spiro atoms. The lowest BCUT2D eigenvalue weighted by molar-refractivity contribution is -0.138. The molecule has 0 saturated heterocycles. The van der Waals surface area contributed by atoms with Gasteiger partial charge in [0.2, 0.25) is 5.78 Å². The highest BCUT2D eigenvalue weighted by atomic mass is 19.2. The molecule has 5 nitrogen and oxygen atoms in total. The highest BCUT2D eigenvalue weighted by Crippen LogP contribution is 2.19. The maximum Gasteiger partial charge on any atom is 0.343 e. The van der Waals surface area contributed by atoms with Crippen molar-refractivity contribution in [1.82, 2.24) is 4.98 Å². The number of carbonyl (C=O) groups is 2.